The van der Waals surface area contributed by atoms with Gasteiger partial charge in [0.2, 0.25) is 0 Å². The van der Waals surface area contributed by atoms with Crippen molar-refractivity contribution in [3.63, 3.8) is 0 Å². The molecule has 1 aliphatic carbocycles. The quantitative estimate of drug-likeness (QED) is 0.695. The maximum atomic E-state index is 13.2. The Morgan fingerprint density at radius 2 is 1.46 bits per heavy atom. The first-order valence-corrected chi connectivity index (χ1v) is 8.80. The van der Waals surface area contributed by atoms with Crippen LogP contribution in [0.15, 0.2) is 36.4 Å². The predicted molar refractivity (Wildman–Crippen MR) is 104 cm³/mol. The second kappa shape index (κ2) is 6.24. The van der Waals surface area contributed by atoms with Gasteiger partial charge in [0.05, 0.1) is 11.0 Å². The number of ether oxygens (including phenoxy) is 1. The van der Waals surface area contributed by atoms with E-state index >= 15 is 0 Å². The van der Waals surface area contributed by atoms with Crippen LogP contribution < -0.4 is 0 Å². The van der Waals surface area contributed by atoms with E-state index in [1.807, 2.05) is 39.0 Å². The molecule has 0 saturated carbocycles. The van der Waals surface area contributed by atoms with Crippen molar-refractivity contribution in [2.45, 2.75) is 41.5 Å². The zero-order valence-corrected chi connectivity index (χ0v) is 16.2. The Labute approximate surface area is 154 Å². The number of fused-ring (bicyclic) bond motifs is 1. The first kappa shape index (κ1) is 18.1. The number of esters is 1. The van der Waals surface area contributed by atoms with Crippen molar-refractivity contribution in [2.24, 2.45) is 5.41 Å². The van der Waals surface area contributed by atoms with Gasteiger partial charge < -0.3 is 4.74 Å². The van der Waals surface area contributed by atoms with E-state index in [4.69, 9.17) is 4.74 Å². The predicted octanol–water partition coefficient (Wildman–Crippen LogP) is 5.27. The Hall–Kier alpha value is -2.68. The molecule has 0 bridgehead atoms. The summed E-state index contributed by atoms with van der Waals surface area (Å²) in [6, 6.07) is 11.4. The highest BCUT2D eigenvalue weighted by Crippen LogP contribution is 2.42. The summed E-state index contributed by atoms with van der Waals surface area (Å²) in [6.07, 6.45) is 0. The van der Waals surface area contributed by atoms with Crippen LogP contribution in [0.4, 0.5) is 0 Å². The molecule has 0 fully saturated rings. The molecule has 26 heavy (non-hydrogen) atoms. The SMILES string of the molecule is Cc1cc(C)c(C2=C(OC(=O)C(C)(C)C)c3ccccc3C2=O)c(C)c1. The van der Waals surface area contributed by atoms with Crippen LogP contribution in [0.1, 0.15) is 58.9 Å². The number of hydrogen-bond acceptors (Lipinski definition) is 3. The minimum absolute atomic E-state index is 0.0904. The first-order chi connectivity index (χ1) is 12.1. The lowest BCUT2D eigenvalue weighted by atomic mass is 9.91. The lowest BCUT2D eigenvalue weighted by molar-refractivity contribution is -0.145. The van der Waals surface area contributed by atoms with E-state index in [1.54, 1.807) is 26.8 Å². The molecule has 0 saturated heterocycles. The molecule has 3 heteroatoms. The molecule has 0 atom stereocenters. The molecule has 3 rings (SSSR count). The van der Waals surface area contributed by atoms with Crippen molar-refractivity contribution >= 4 is 23.1 Å². The zero-order chi connectivity index (χ0) is 19.2. The van der Waals surface area contributed by atoms with Crippen LogP contribution in [-0.2, 0) is 9.53 Å². The summed E-state index contributed by atoms with van der Waals surface area (Å²) in [6.45, 7) is 11.4. The van der Waals surface area contributed by atoms with Crippen molar-refractivity contribution in [1.82, 2.24) is 0 Å². The molecular formula is C23H24O3. The van der Waals surface area contributed by atoms with E-state index in [0.717, 1.165) is 22.3 Å². The van der Waals surface area contributed by atoms with Crippen LogP contribution in [0.5, 0.6) is 0 Å². The molecule has 0 radical (unpaired) electrons. The summed E-state index contributed by atoms with van der Waals surface area (Å²) in [7, 11) is 0. The minimum atomic E-state index is -0.657. The van der Waals surface area contributed by atoms with E-state index < -0.39 is 5.41 Å². The molecule has 0 amide bonds. The highest BCUT2D eigenvalue weighted by Gasteiger charge is 2.36. The Morgan fingerprint density at radius 1 is 0.923 bits per heavy atom. The Balaban J connectivity index is 2.27. The van der Waals surface area contributed by atoms with Gasteiger partial charge in [-0.15, -0.1) is 0 Å². The second-order valence-electron chi connectivity index (χ2n) is 7.99. The number of aryl methyl sites for hydroxylation is 3. The largest absolute Gasteiger partial charge is 0.425 e. The fourth-order valence-electron chi connectivity index (χ4n) is 3.40. The van der Waals surface area contributed by atoms with Gasteiger partial charge >= 0.3 is 5.97 Å². The summed E-state index contributed by atoms with van der Waals surface area (Å²) < 4.78 is 5.80. The zero-order valence-electron chi connectivity index (χ0n) is 16.2. The monoisotopic (exact) mass is 348 g/mol. The van der Waals surface area contributed by atoms with Crippen LogP contribution in [0, 0.1) is 26.2 Å². The van der Waals surface area contributed by atoms with Crippen LogP contribution in [-0.4, -0.2) is 11.8 Å². The maximum Gasteiger partial charge on any atom is 0.316 e. The van der Waals surface area contributed by atoms with Crippen molar-refractivity contribution < 1.29 is 14.3 Å². The number of benzene rings is 2. The molecule has 0 aromatic heterocycles. The van der Waals surface area contributed by atoms with E-state index in [9.17, 15) is 9.59 Å². The van der Waals surface area contributed by atoms with Gasteiger partial charge in [0.25, 0.3) is 0 Å². The number of ketones is 1. The van der Waals surface area contributed by atoms with E-state index in [-0.39, 0.29) is 11.8 Å². The van der Waals surface area contributed by atoms with Crippen LogP contribution in [0.3, 0.4) is 0 Å². The molecule has 1 aliphatic rings. The molecule has 2 aromatic rings. The van der Waals surface area contributed by atoms with Gasteiger partial charge in [-0.05, 0) is 58.2 Å². The van der Waals surface area contributed by atoms with Crippen molar-refractivity contribution in [3.8, 4) is 0 Å². The van der Waals surface area contributed by atoms with Gasteiger partial charge in [0, 0.05) is 11.1 Å². The average Bonchev–Trinajstić information content (AvgIpc) is 2.79. The first-order valence-electron chi connectivity index (χ1n) is 8.80. The van der Waals surface area contributed by atoms with Crippen LogP contribution in [0.25, 0.3) is 11.3 Å². The fourth-order valence-corrected chi connectivity index (χ4v) is 3.40. The van der Waals surface area contributed by atoms with Crippen molar-refractivity contribution in [2.75, 3.05) is 0 Å². The van der Waals surface area contributed by atoms with Gasteiger partial charge in [0.15, 0.2) is 11.5 Å². The van der Waals surface area contributed by atoms with E-state index in [0.29, 0.717) is 22.5 Å². The van der Waals surface area contributed by atoms with E-state index in [2.05, 4.69) is 12.1 Å². The number of carbonyl (C=O) groups is 2. The summed E-state index contributed by atoms with van der Waals surface area (Å²) in [5.41, 5.74) is 5.10. The number of carbonyl (C=O) groups excluding carboxylic acids is 2. The highest BCUT2D eigenvalue weighted by atomic mass is 16.5. The van der Waals surface area contributed by atoms with Crippen molar-refractivity contribution in [3.05, 3.63) is 69.8 Å². The molecule has 2 aromatic carbocycles. The molecule has 0 N–H and O–H groups in total. The Kier molecular flexibility index (Phi) is 4.35. The summed E-state index contributed by atoms with van der Waals surface area (Å²) in [5, 5.41) is 0. The van der Waals surface area contributed by atoms with Crippen LogP contribution in [0.2, 0.25) is 0 Å². The molecule has 0 heterocycles. The average molecular weight is 348 g/mol. The lowest BCUT2D eigenvalue weighted by Crippen LogP contribution is -2.22. The molecule has 0 spiro atoms. The van der Waals surface area contributed by atoms with Crippen molar-refractivity contribution in [1.29, 1.82) is 0 Å². The summed E-state index contributed by atoms with van der Waals surface area (Å²) >= 11 is 0. The summed E-state index contributed by atoms with van der Waals surface area (Å²) in [4.78, 5) is 25.7. The lowest BCUT2D eigenvalue weighted by Gasteiger charge is -2.19. The third-order valence-electron chi connectivity index (χ3n) is 4.60. The van der Waals surface area contributed by atoms with Crippen LogP contribution >= 0.6 is 0 Å². The van der Waals surface area contributed by atoms with E-state index in [1.165, 1.54) is 0 Å². The number of hydrogen-bond donors (Lipinski definition) is 0. The minimum Gasteiger partial charge on any atom is -0.425 e. The topological polar surface area (TPSA) is 43.4 Å². The van der Waals surface area contributed by atoms with Gasteiger partial charge in [-0.2, -0.15) is 0 Å². The molecular weight excluding hydrogens is 324 g/mol. The number of rotatable bonds is 2. The van der Waals surface area contributed by atoms with Gasteiger partial charge in [-0.1, -0.05) is 42.0 Å². The number of Topliss-reactive ketones (excluding diaryl/α,β-unsaturated/α-hetero) is 1. The number of allylic oxidation sites excluding steroid dienone is 1. The highest BCUT2D eigenvalue weighted by molar-refractivity contribution is 6.39. The smallest absolute Gasteiger partial charge is 0.316 e. The van der Waals surface area contributed by atoms with Gasteiger partial charge in [-0.3, -0.25) is 9.59 Å². The second-order valence-corrected chi connectivity index (χ2v) is 7.99. The Bertz CT molecular complexity index is 933. The van der Waals surface area contributed by atoms with Gasteiger partial charge in [-0.25, -0.2) is 0 Å². The van der Waals surface area contributed by atoms with Gasteiger partial charge in [0.1, 0.15) is 0 Å². The summed E-state index contributed by atoms with van der Waals surface area (Å²) in [5.74, 6) is -0.0649. The molecule has 0 unspecified atom stereocenters. The molecule has 3 nitrogen and oxygen atoms in total. The maximum absolute atomic E-state index is 13.2. The third-order valence-corrected chi connectivity index (χ3v) is 4.60. The standard InChI is InChI=1S/C23H24O3/c1-13-11-14(2)18(15(3)12-13)19-20(24)16-9-7-8-10-17(16)21(19)26-22(25)23(4,5)6/h7-12H,1-6H3. The molecule has 0 aliphatic heterocycles. The normalized spacial score (nSPS) is 13.8. The Morgan fingerprint density at radius 3 is 2.00 bits per heavy atom. The molecule has 134 valence electrons. The third kappa shape index (κ3) is 2.98. The fraction of sp³-hybridized carbons (Fsp3) is 0.304.